The van der Waals surface area contributed by atoms with Gasteiger partial charge in [0.25, 0.3) is 11.8 Å². The van der Waals surface area contributed by atoms with E-state index >= 15 is 0 Å². The average Bonchev–Trinajstić information content (AvgIpc) is 3.04. The van der Waals surface area contributed by atoms with E-state index in [2.05, 4.69) is 5.32 Å². The number of carbonyl (C=O) groups is 3. The van der Waals surface area contributed by atoms with Gasteiger partial charge in [-0.1, -0.05) is 35.9 Å². The molecule has 0 aliphatic carbocycles. The molecule has 0 spiro atoms. The Kier molecular flexibility index (Phi) is 6.65. The summed E-state index contributed by atoms with van der Waals surface area (Å²) in [4.78, 5) is 39.1. The van der Waals surface area contributed by atoms with Crippen LogP contribution in [0.15, 0.2) is 83.5 Å². The van der Waals surface area contributed by atoms with Crippen molar-refractivity contribution in [1.29, 1.82) is 0 Å². The summed E-state index contributed by atoms with van der Waals surface area (Å²) in [5.41, 5.74) is 2.09. The van der Waals surface area contributed by atoms with Crippen LogP contribution < -0.4 is 19.7 Å². The van der Waals surface area contributed by atoms with E-state index < -0.39 is 17.8 Å². The minimum Gasteiger partial charge on any atom is -0.490 e. The van der Waals surface area contributed by atoms with Gasteiger partial charge in [-0.25, -0.2) is 9.69 Å². The second-order valence-electron chi connectivity index (χ2n) is 7.45. The molecule has 0 radical (unpaired) electrons. The third kappa shape index (κ3) is 4.65. The topological polar surface area (TPSA) is 84.9 Å². The van der Waals surface area contributed by atoms with Crippen molar-refractivity contribution in [2.24, 2.45) is 0 Å². The second-order valence-corrected chi connectivity index (χ2v) is 7.82. The molecule has 34 heavy (non-hydrogen) atoms. The zero-order valence-corrected chi connectivity index (χ0v) is 19.3. The normalized spacial score (nSPS) is 13.3. The van der Waals surface area contributed by atoms with E-state index in [-0.39, 0.29) is 10.7 Å². The molecular weight excluding hydrogens is 456 g/mol. The van der Waals surface area contributed by atoms with Gasteiger partial charge in [-0.3, -0.25) is 9.59 Å². The first kappa shape index (κ1) is 23.1. The monoisotopic (exact) mass is 476 g/mol. The van der Waals surface area contributed by atoms with Crippen LogP contribution in [0.1, 0.15) is 22.8 Å². The fourth-order valence-corrected chi connectivity index (χ4v) is 3.63. The molecule has 7 nitrogen and oxygen atoms in total. The lowest BCUT2D eigenvalue weighted by atomic mass is 10.2. The summed E-state index contributed by atoms with van der Waals surface area (Å²) in [5.74, 6) is -0.932. The van der Waals surface area contributed by atoms with Crippen molar-refractivity contribution in [3.05, 3.63) is 94.7 Å². The maximum absolute atomic E-state index is 12.9. The molecule has 0 atom stereocenters. The van der Waals surface area contributed by atoms with Crippen LogP contribution in [0.3, 0.4) is 0 Å². The van der Waals surface area contributed by atoms with Crippen LogP contribution in [0.4, 0.5) is 11.4 Å². The minimum atomic E-state index is -0.604. The summed E-state index contributed by atoms with van der Waals surface area (Å²) in [6.45, 7) is 4.15. The summed E-state index contributed by atoms with van der Waals surface area (Å²) in [5, 5.41) is 2.68. The molecule has 0 saturated carbocycles. The molecule has 1 heterocycles. The summed E-state index contributed by atoms with van der Waals surface area (Å²) in [6.07, 6.45) is 0. The fourth-order valence-electron chi connectivity index (χ4n) is 3.41. The number of ether oxygens (including phenoxy) is 2. The number of imide groups is 1. The number of esters is 1. The molecule has 0 saturated heterocycles. The number of halogens is 1. The van der Waals surface area contributed by atoms with Gasteiger partial charge in [-0.15, -0.1) is 0 Å². The Bertz CT molecular complexity index is 1300. The number of nitrogens with one attached hydrogen (secondary N) is 1. The molecule has 1 N–H and O–H groups in total. The highest BCUT2D eigenvalue weighted by Gasteiger charge is 2.39. The summed E-state index contributed by atoms with van der Waals surface area (Å²) < 4.78 is 10.9. The fraction of sp³-hybridized carbons (Fsp3) is 0.115. The average molecular weight is 477 g/mol. The summed E-state index contributed by atoms with van der Waals surface area (Å²) in [6, 6.07) is 20.2. The van der Waals surface area contributed by atoms with E-state index in [0.717, 1.165) is 10.5 Å². The zero-order chi connectivity index (χ0) is 24.2. The van der Waals surface area contributed by atoms with Gasteiger partial charge in [0.1, 0.15) is 10.7 Å². The smallest absolute Gasteiger partial charge is 0.343 e. The Labute approximate surface area is 201 Å². The Morgan fingerprint density at radius 3 is 2.32 bits per heavy atom. The number of para-hydroxylation sites is 2. The Morgan fingerprint density at radius 2 is 1.65 bits per heavy atom. The molecule has 0 unspecified atom stereocenters. The quantitative estimate of drug-likeness (QED) is 0.292. The van der Waals surface area contributed by atoms with Crippen molar-refractivity contribution >= 4 is 40.8 Å². The molecule has 2 amide bonds. The van der Waals surface area contributed by atoms with Gasteiger partial charge in [0.15, 0.2) is 11.5 Å². The maximum atomic E-state index is 12.9. The van der Waals surface area contributed by atoms with Crippen molar-refractivity contribution in [2.75, 3.05) is 16.8 Å². The van der Waals surface area contributed by atoms with Gasteiger partial charge in [-0.05, 0) is 67.9 Å². The molecular formula is C26H21ClN2O5. The number of rotatable bonds is 7. The van der Waals surface area contributed by atoms with Gasteiger partial charge in [0.2, 0.25) is 0 Å². The van der Waals surface area contributed by atoms with Crippen molar-refractivity contribution in [3.8, 4) is 11.5 Å². The number of amides is 2. The van der Waals surface area contributed by atoms with E-state index in [1.54, 1.807) is 66.7 Å². The highest BCUT2D eigenvalue weighted by Crippen LogP contribution is 2.31. The number of benzene rings is 3. The lowest BCUT2D eigenvalue weighted by Gasteiger charge is -2.15. The van der Waals surface area contributed by atoms with E-state index in [4.69, 9.17) is 21.1 Å². The van der Waals surface area contributed by atoms with E-state index in [0.29, 0.717) is 35.0 Å². The van der Waals surface area contributed by atoms with Gasteiger partial charge in [-0.2, -0.15) is 0 Å². The van der Waals surface area contributed by atoms with Crippen LogP contribution >= 0.6 is 11.6 Å². The molecule has 1 aliphatic heterocycles. The largest absolute Gasteiger partial charge is 0.490 e. The number of hydrogen-bond donors (Lipinski definition) is 1. The van der Waals surface area contributed by atoms with E-state index in [1.165, 1.54) is 0 Å². The standard InChI is InChI=1S/C26H21ClN2O5/c1-3-33-20-9-4-5-10-21(20)34-26(32)17-11-13-18(14-12-17)28-23-22(27)24(30)29(25(23)31)19-8-6-7-16(2)15-19/h4-15,28H,3H2,1-2H3. The van der Waals surface area contributed by atoms with Crippen LogP contribution in [0.25, 0.3) is 0 Å². The highest BCUT2D eigenvalue weighted by atomic mass is 35.5. The van der Waals surface area contributed by atoms with Gasteiger partial charge >= 0.3 is 5.97 Å². The number of anilines is 2. The predicted molar refractivity (Wildman–Crippen MR) is 129 cm³/mol. The van der Waals surface area contributed by atoms with E-state index in [9.17, 15) is 14.4 Å². The van der Waals surface area contributed by atoms with Crippen LogP contribution in [-0.4, -0.2) is 24.4 Å². The highest BCUT2D eigenvalue weighted by molar-refractivity contribution is 6.53. The molecule has 0 aromatic heterocycles. The van der Waals surface area contributed by atoms with Crippen LogP contribution in [0, 0.1) is 6.92 Å². The van der Waals surface area contributed by atoms with Crippen LogP contribution in [0.2, 0.25) is 0 Å². The number of carbonyl (C=O) groups excluding carboxylic acids is 3. The SMILES string of the molecule is CCOc1ccccc1OC(=O)c1ccc(NC2=C(Cl)C(=O)N(c3cccc(C)c3)C2=O)cc1. The maximum Gasteiger partial charge on any atom is 0.343 e. The van der Waals surface area contributed by atoms with E-state index in [1.807, 2.05) is 19.9 Å². The molecule has 0 fully saturated rings. The van der Waals surface area contributed by atoms with Gasteiger partial charge in [0, 0.05) is 5.69 Å². The Balaban J connectivity index is 1.48. The second kappa shape index (κ2) is 9.80. The van der Waals surface area contributed by atoms with Crippen LogP contribution in [0.5, 0.6) is 11.5 Å². The number of aryl methyl sites for hydroxylation is 1. The zero-order valence-electron chi connectivity index (χ0n) is 18.5. The lowest BCUT2D eigenvalue weighted by Crippen LogP contribution is -2.32. The molecule has 8 heteroatoms. The summed E-state index contributed by atoms with van der Waals surface area (Å²) in [7, 11) is 0. The lowest BCUT2D eigenvalue weighted by molar-refractivity contribution is -0.120. The van der Waals surface area contributed by atoms with Crippen molar-refractivity contribution in [1.82, 2.24) is 0 Å². The third-order valence-electron chi connectivity index (χ3n) is 5.03. The third-order valence-corrected chi connectivity index (χ3v) is 5.38. The number of nitrogens with zero attached hydrogens (tertiary/aromatic N) is 1. The molecule has 0 bridgehead atoms. The molecule has 3 aromatic rings. The first-order valence-electron chi connectivity index (χ1n) is 10.6. The van der Waals surface area contributed by atoms with Crippen molar-refractivity contribution in [2.45, 2.75) is 13.8 Å². The molecule has 4 rings (SSSR count). The molecule has 3 aromatic carbocycles. The van der Waals surface area contributed by atoms with Crippen molar-refractivity contribution in [3.63, 3.8) is 0 Å². The molecule has 1 aliphatic rings. The minimum absolute atomic E-state index is 0.0332. The summed E-state index contributed by atoms with van der Waals surface area (Å²) >= 11 is 6.19. The van der Waals surface area contributed by atoms with Gasteiger partial charge < -0.3 is 14.8 Å². The van der Waals surface area contributed by atoms with Crippen molar-refractivity contribution < 1.29 is 23.9 Å². The van der Waals surface area contributed by atoms with Crippen LogP contribution in [-0.2, 0) is 9.59 Å². The Hall–Kier alpha value is -4.10. The molecule has 172 valence electrons. The van der Waals surface area contributed by atoms with Gasteiger partial charge in [0.05, 0.1) is 17.9 Å². The Morgan fingerprint density at radius 1 is 0.941 bits per heavy atom. The predicted octanol–water partition coefficient (Wildman–Crippen LogP) is 5.05. The first-order chi connectivity index (χ1) is 16.4. The first-order valence-corrected chi connectivity index (χ1v) is 10.9. The number of hydrogen-bond acceptors (Lipinski definition) is 6.